The first-order chi connectivity index (χ1) is 8.54. The fourth-order valence-corrected chi connectivity index (χ4v) is 2.24. The Morgan fingerprint density at radius 1 is 1.39 bits per heavy atom. The molecular formula is C14H23N3O. The zero-order chi connectivity index (χ0) is 13.5. The van der Waals surface area contributed by atoms with E-state index in [0.717, 1.165) is 6.42 Å². The average Bonchev–Trinajstić information content (AvgIpc) is 2.31. The maximum absolute atomic E-state index is 11.7. The maximum Gasteiger partial charge on any atom is 0.263 e. The van der Waals surface area contributed by atoms with Crippen LogP contribution < -0.4 is 10.6 Å². The van der Waals surface area contributed by atoms with Crippen LogP contribution in [0.2, 0.25) is 0 Å². The van der Waals surface area contributed by atoms with E-state index in [9.17, 15) is 4.79 Å². The highest BCUT2D eigenvalue weighted by molar-refractivity contribution is 5.97. The Bertz CT molecular complexity index is 355. The van der Waals surface area contributed by atoms with Crippen LogP contribution in [0.4, 0.5) is 0 Å². The van der Waals surface area contributed by atoms with Crippen LogP contribution in [-0.4, -0.2) is 18.0 Å². The van der Waals surface area contributed by atoms with Gasteiger partial charge in [-0.15, -0.1) is 0 Å². The van der Waals surface area contributed by atoms with Crippen molar-refractivity contribution >= 4 is 5.91 Å². The highest BCUT2D eigenvalue weighted by Gasteiger charge is 2.20. The highest BCUT2D eigenvalue weighted by Crippen LogP contribution is 2.23. The number of carbonyl (C=O) groups excluding carboxylic acids is 1. The molecule has 2 N–H and O–H groups in total. The molecule has 2 unspecified atom stereocenters. The second-order valence-corrected chi connectivity index (χ2v) is 5.33. The van der Waals surface area contributed by atoms with E-state index in [1.54, 1.807) is 6.20 Å². The minimum atomic E-state index is -0.302. The molecule has 0 radical (unpaired) electrons. The van der Waals surface area contributed by atoms with Gasteiger partial charge in [-0.1, -0.05) is 19.8 Å². The molecule has 0 aromatic heterocycles. The molecular weight excluding hydrogens is 226 g/mol. The van der Waals surface area contributed by atoms with E-state index >= 15 is 0 Å². The molecule has 0 aliphatic heterocycles. The first-order valence-corrected chi connectivity index (χ1v) is 6.71. The van der Waals surface area contributed by atoms with Gasteiger partial charge in [-0.25, -0.2) is 0 Å². The number of amides is 1. The monoisotopic (exact) mass is 249 g/mol. The number of hydrogen-bond donors (Lipinski definition) is 2. The summed E-state index contributed by atoms with van der Waals surface area (Å²) in [5, 5.41) is 14.9. The molecule has 1 amide bonds. The molecule has 4 nitrogen and oxygen atoms in total. The van der Waals surface area contributed by atoms with Crippen LogP contribution in [0.3, 0.4) is 0 Å². The molecule has 0 bridgehead atoms. The first kappa shape index (κ1) is 14.6. The summed E-state index contributed by atoms with van der Waals surface area (Å²) in [7, 11) is 0. The fraction of sp³-hybridized carbons (Fsp3) is 0.714. The highest BCUT2D eigenvalue weighted by atomic mass is 16.1. The van der Waals surface area contributed by atoms with Crippen LogP contribution in [0.1, 0.15) is 46.5 Å². The predicted octanol–water partition coefficient (Wildman–Crippen LogP) is 2.09. The number of hydrogen-bond acceptors (Lipinski definition) is 3. The molecule has 0 heterocycles. The Hall–Kier alpha value is -1.50. The van der Waals surface area contributed by atoms with Crippen molar-refractivity contribution in [3.8, 4) is 6.07 Å². The Morgan fingerprint density at radius 2 is 2.06 bits per heavy atom. The molecule has 18 heavy (non-hydrogen) atoms. The minimum Gasteiger partial charge on any atom is -0.387 e. The molecule has 4 heteroatoms. The van der Waals surface area contributed by atoms with Gasteiger partial charge in [0.1, 0.15) is 11.6 Å². The van der Waals surface area contributed by atoms with Crippen LogP contribution in [-0.2, 0) is 4.79 Å². The minimum absolute atomic E-state index is 0.0443. The lowest BCUT2D eigenvalue weighted by Crippen LogP contribution is -2.36. The average molecular weight is 249 g/mol. The summed E-state index contributed by atoms with van der Waals surface area (Å²) in [5.74, 6) is 0.298. The summed E-state index contributed by atoms with van der Waals surface area (Å²) in [6.45, 7) is 5.97. The van der Waals surface area contributed by atoms with E-state index in [4.69, 9.17) is 5.26 Å². The van der Waals surface area contributed by atoms with Gasteiger partial charge in [0.25, 0.3) is 5.91 Å². The van der Waals surface area contributed by atoms with Crippen LogP contribution in [0.5, 0.6) is 0 Å². The van der Waals surface area contributed by atoms with Gasteiger partial charge in [0.05, 0.1) is 0 Å². The van der Waals surface area contributed by atoms with Gasteiger partial charge >= 0.3 is 0 Å². The van der Waals surface area contributed by atoms with Crippen molar-refractivity contribution in [2.45, 2.75) is 58.5 Å². The van der Waals surface area contributed by atoms with E-state index in [0.29, 0.717) is 12.0 Å². The van der Waals surface area contributed by atoms with Crippen molar-refractivity contribution in [1.29, 1.82) is 5.26 Å². The lowest BCUT2D eigenvalue weighted by Gasteiger charge is -2.29. The largest absolute Gasteiger partial charge is 0.387 e. The van der Waals surface area contributed by atoms with Crippen molar-refractivity contribution in [2.24, 2.45) is 5.92 Å². The molecule has 0 saturated heterocycles. The Balaban J connectivity index is 2.57. The molecule has 1 rings (SSSR count). The Morgan fingerprint density at radius 3 is 2.61 bits per heavy atom. The second kappa shape index (κ2) is 7.05. The van der Waals surface area contributed by atoms with E-state index in [1.165, 1.54) is 19.3 Å². The molecule has 1 saturated carbocycles. The number of nitriles is 1. The van der Waals surface area contributed by atoms with Crippen molar-refractivity contribution in [3.05, 3.63) is 11.8 Å². The fourth-order valence-electron chi connectivity index (χ4n) is 2.24. The van der Waals surface area contributed by atoms with Gasteiger partial charge in [0.2, 0.25) is 0 Å². The number of rotatable bonds is 4. The van der Waals surface area contributed by atoms with Crippen molar-refractivity contribution < 1.29 is 4.79 Å². The van der Waals surface area contributed by atoms with Gasteiger partial charge in [-0.2, -0.15) is 5.26 Å². The van der Waals surface area contributed by atoms with Gasteiger partial charge < -0.3 is 10.6 Å². The van der Waals surface area contributed by atoms with Crippen LogP contribution >= 0.6 is 0 Å². The molecule has 0 aromatic rings. The molecule has 100 valence electrons. The van der Waals surface area contributed by atoms with Gasteiger partial charge in [0.15, 0.2) is 0 Å². The second-order valence-electron chi connectivity index (χ2n) is 5.33. The number of carbonyl (C=O) groups is 1. The Kier molecular flexibility index (Phi) is 5.70. The summed E-state index contributed by atoms with van der Waals surface area (Å²) < 4.78 is 0. The zero-order valence-corrected chi connectivity index (χ0v) is 11.5. The van der Waals surface area contributed by atoms with E-state index in [1.807, 2.05) is 19.9 Å². The lowest BCUT2D eigenvalue weighted by molar-refractivity contribution is -0.117. The summed E-state index contributed by atoms with van der Waals surface area (Å²) in [4.78, 5) is 11.7. The first-order valence-electron chi connectivity index (χ1n) is 6.71. The quantitative estimate of drug-likeness (QED) is 0.592. The third-order valence-electron chi connectivity index (χ3n) is 3.34. The smallest absolute Gasteiger partial charge is 0.263 e. The molecule has 1 aliphatic rings. The normalized spacial score (nSPS) is 24.5. The summed E-state index contributed by atoms with van der Waals surface area (Å²) >= 11 is 0. The van der Waals surface area contributed by atoms with Crippen LogP contribution in [0.25, 0.3) is 0 Å². The molecule has 2 atom stereocenters. The van der Waals surface area contributed by atoms with Gasteiger partial charge in [-0.3, -0.25) is 4.79 Å². The summed E-state index contributed by atoms with van der Waals surface area (Å²) in [6, 6.07) is 2.38. The number of nitrogens with zero attached hydrogens (tertiary/aromatic N) is 1. The van der Waals surface area contributed by atoms with E-state index < -0.39 is 0 Å². The SMILES string of the molecule is CC(C)NC(=O)/C(C#N)=C\NC1CCCCC1C. The standard InChI is InChI=1S/C14H23N3O/c1-10(2)17-14(18)12(8-15)9-16-13-7-5-4-6-11(13)3/h9-11,13,16H,4-7H2,1-3H3,(H,17,18)/b12-9-. The van der Waals surface area contributed by atoms with Crippen molar-refractivity contribution in [1.82, 2.24) is 10.6 Å². The predicted molar refractivity (Wildman–Crippen MR) is 71.5 cm³/mol. The van der Waals surface area contributed by atoms with Crippen molar-refractivity contribution in [2.75, 3.05) is 0 Å². The van der Waals surface area contributed by atoms with Gasteiger partial charge in [0, 0.05) is 18.3 Å². The molecule has 1 aliphatic carbocycles. The maximum atomic E-state index is 11.7. The van der Waals surface area contributed by atoms with E-state index in [2.05, 4.69) is 17.6 Å². The van der Waals surface area contributed by atoms with Crippen molar-refractivity contribution in [3.63, 3.8) is 0 Å². The van der Waals surface area contributed by atoms with Crippen LogP contribution in [0.15, 0.2) is 11.8 Å². The third-order valence-corrected chi connectivity index (χ3v) is 3.34. The molecule has 0 aromatic carbocycles. The third kappa shape index (κ3) is 4.40. The lowest BCUT2D eigenvalue weighted by atomic mass is 9.86. The Labute approximate surface area is 109 Å². The van der Waals surface area contributed by atoms with Gasteiger partial charge in [-0.05, 0) is 32.6 Å². The van der Waals surface area contributed by atoms with E-state index in [-0.39, 0.29) is 17.5 Å². The zero-order valence-electron chi connectivity index (χ0n) is 11.5. The van der Waals surface area contributed by atoms with Crippen LogP contribution in [0, 0.1) is 17.2 Å². The molecule has 1 fully saturated rings. The number of nitrogens with one attached hydrogen (secondary N) is 2. The molecule has 0 spiro atoms. The summed E-state index contributed by atoms with van der Waals surface area (Å²) in [6.07, 6.45) is 6.40. The summed E-state index contributed by atoms with van der Waals surface area (Å²) in [5.41, 5.74) is 0.154. The topological polar surface area (TPSA) is 64.9 Å².